The molecule has 0 radical (unpaired) electrons. The molecule has 1 aliphatic carbocycles. The van der Waals surface area contributed by atoms with Crippen LogP contribution in [0.3, 0.4) is 0 Å². The first-order valence-electron chi connectivity index (χ1n) is 8.57. The highest BCUT2D eigenvalue weighted by Gasteiger charge is 2.40. The number of H-pyrrole nitrogens is 1. The third-order valence-corrected chi connectivity index (χ3v) is 4.94. The van der Waals surface area contributed by atoms with Gasteiger partial charge in [-0.15, -0.1) is 0 Å². The Labute approximate surface area is 140 Å². The minimum absolute atomic E-state index is 0.0491. The van der Waals surface area contributed by atoms with E-state index in [1.807, 2.05) is 13.8 Å². The van der Waals surface area contributed by atoms with Gasteiger partial charge in [0.15, 0.2) is 0 Å². The van der Waals surface area contributed by atoms with Gasteiger partial charge in [0.2, 0.25) is 0 Å². The highest BCUT2D eigenvalue weighted by molar-refractivity contribution is 5.95. The topological polar surface area (TPSA) is 112 Å². The van der Waals surface area contributed by atoms with E-state index >= 15 is 0 Å². The summed E-state index contributed by atoms with van der Waals surface area (Å²) in [6, 6.07) is 0. The number of hydrogen-bond donors (Lipinski definition) is 3. The molecule has 24 heavy (non-hydrogen) atoms. The fourth-order valence-electron chi connectivity index (χ4n) is 3.47. The van der Waals surface area contributed by atoms with Crippen molar-refractivity contribution in [3.8, 4) is 0 Å². The molecule has 1 fully saturated rings. The third kappa shape index (κ3) is 3.49. The van der Waals surface area contributed by atoms with E-state index in [0.29, 0.717) is 36.9 Å². The van der Waals surface area contributed by atoms with Crippen molar-refractivity contribution in [2.24, 2.45) is 5.41 Å². The summed E-state index contributed by atoms with van der Waals surface area (Å²) in [6.07, 6.45) is 4.95. The number of nitrogens with one attached hydrogen (secondary N) is 2. The molecule has 7 nitrogen and oxygen atoms in total. The predicted octanol–water partition coefficient (Wildman–Crippen LogP) is 1.66. The quantitative estimate of drug-likeness (QED) is 0.732. The number of carbonyl (C=O) groups excluding carboxylic acids is 1. The van der Waals surface area contributed by atoms with E-state index in [9.17, 15) is 19.5 Å². The van der Waals surface area contributed by atoms with E-state index in [-0.39, 0.29) is 12.1 Å². The molecular weight excluding hydrogens is 310 g/mol. The number of amides is 1. The Bertz CT molecular complexity index is 675. The van der Waals surface area contributed by atoms with Crippen molar-refractivity contribution in [2.75, 3.05) is 6.54 Å². The molecule has 0 aliphatic heterocycles. The van der Waals surface area contributed by atoms with Crippen LogP contribution in [0.1, 0.15) is 67.6 Å². The van der Waals surface area contributed by atoms with Gasteiger partial charge in [0, 0.05) is 6.54 Å². The molecule has 1 heterocycles. The molecule has 0 bridgehead atoms. The molecule has 1 aromatic heterocycles. The molecule has 1 saturated carbocycles. The summed E-state index contributed by atoms with van der Waals surface area (Å²) in [5.74, 6) is -1.40. The maximum Gasteiger partial charge on any atom is 0.311 e. The van der Waals surface area contributed by atoms with Gasteiger partial charge in [-0.2, -0.15) is 5.10 Å². The zero-order chi connectivity index (χ0) is 17.7. The number of hydrogen-bond acceptors (Lipinski definition) is 4. The highest BCUT2D eigenvalue weighted by atomic mass is 16.4. The van der Waals surface area contributed by atoms with Crippen LogP contribution >= 0.6 is 0 Å². The van der Waals surface area contributed by atoms with Crippen molar-refractivity contribution in [3.05, 3.63) is 27.2 Å². The Morgan fingerprint density at radius 1 is 1.21 bits per heavy atom. The van der Waals surface area contributed by atoms with Gasteiger partial charge in [-0.05, 0) is 31.2 Å². The summed E-state index contributed by atoms with van der Waals surface area (Å²) in [7, 11) is 0. The van der Waals surface area contributed by atoms with Crippen LogP contribution in [0.4, 0.5) is 0 Å². The zero-order valence-corrected chi connectivity index (χ0v) is 14.3. The second-order valence-electron chi connectivity index (χ2n) is 6.39. The fraction of sp³-hybridized carbons (Fsp3) is 0.647. The molecule has 2 rings (SSSR count). The molecule has 132 valence electrons. The average Bonchev–Trinajstić information content (AvgIpc) is 2.59. The SMILES string of the molecule is CCc1n[nH]c(=O)c(C(=O)NCC2(C(=O)O)CCCCC2)c1CC. The number of carboxylic acids is 1. The van der Waals surface area contributed by atoms with E-state index < -0.39 is 22.9 Å². The van der Waals surface area contributed by atoms with Gasteiger partial charge in [-0.25, -0.2) is 5.10 Å². The van der Waals surface area contributed by atoms with E-state index in [2.05, 4.69) is 15.5 Å². The summed E-state index contributed by atoms with van der Waals surface area (Å²) in [4.78, 5) is 36.3. The Morgan fingerprint density at radius 3 is 2.42 bits per heavy atom. The van der Waals surface area contributed by atoms with Crippen LogP contribution < -0.4 is 10.9 Å². The lowest BCUT2D eigenvalue weighted by Crippen LogP contribution is -2.45. The first-order chi connectivity index (χ1) is 11.4. The number of aromatic nitrogens is 2. The van der Waals surface area contributed by atoms with Crippen LogP contribution in [0, 0.1) is 5.41 Å². The summed E-state index contributed by atoms with van der Waals surface area (Å²) in [5.41, 5.74) is -0.0804. The largest absolute Gasteiger partial charge is 0.481 e. The van der Waals surface area contributed by atoms with Gasteiger partial charge in [-0.1, -0.05) is 33.1 Å². The van der Waals surface area contributed by atoms with Crippen LogP contribution in [0.2, 0.25) is 0 Å². The van der Waals surface area contributed by atoms with Crippen LogP contribution in [0.5, 0.6) is 0 Å². The van der Waals surface area contributed by atoms with Crippen LogP contribution in [-0.2, 0) is 17.6 Å². The van der Waals surface area contributed by atoms with Gasteiger partial charge in [0.05, 0.1) is 11.1 Å². The number of rotatable bonds is 6. The van der Waals surface area contributed by atoms with Gasteiger partial charge in [0.1, 0.15) is 5.56 Å². The monoisotopic (exact) mass is 335 g/mol. The molecular formula is C17H25N3O4. The van der Waals surface area contributed by atoms with Crippen LogP contribution in [0.25, 0.3) is 0 Å². The van der Waals surface area contributed by atoms with Crippen molar-refractivity contribution in [3.63, 3.8) is 0 Å². The third-order valence-electron chi connectivity index (χ3n) is 4.94. The van der Waals surface area contributed by atoms with E-state index in [4.69, 9.17) is 0 Å². The van der Waals surface area contributed by atoms with Crippen LogP contribution in [0.15, 0.2) is 4.79 Å². The molecule has 1 aliphatic rings. The summed E-state index contributed by atoms with van der Waals surface area (Å²) < 4.78 is 0. The normalized spacial score (nSPS) is 16.6. The number of nitrogens with zero attached hydrogens (tertiary/aromatic N) is 1. The summed E-state index contributed by atoms with van der Waals surface area (Å²) >= 11 is 0. The lowest BCUT2D eigenvalue weighted by Gasteiger charge is -2.33. The first kappa shape index (κ1) is 18.2. The molecule has 1 amide bonds. The van der Waals surface area contributed by atoms with Gasteiger partial charge >= 0.3 is 5.97 Å². The van der Waals surface area contributed by atoms with E-state index in [0.717, 1.165) is 19.3 Å². The molecule has 7 heteroatoms. The summed E-state index contributed by atoms with van der Waals surface area (Å²) in [6.45, 7) is 3.82. The molecule has 0 saturated heterocycles. The number of aromatic amines is 1. The number of aryl methyl sites for hydroxylation is 1. The maximum absolute atomic E-state index is 12.6. The lowest BCUT2D eigenvalue weighted by molar-refractivity contribution is -0.150. The number of carboxylic acid groups (broad SMARTS) is 1. The first-order valence-corrected chi connectivity index (χ1v) is 8.57. The molecule has 1 aromatic rings. The second-order valence-corrected chi connectivity index (χ2v) is 6.39. The maximum atomic E-state index is 12.6. The minimum atomic E-state index is -0.923. The average molecular weight is 335 g/mol. The molecule has 0 atom stereocenters. The van der Waals surface area contributed by atoms with Crippen molar-refractivity contribution in [1.29, 1.82) is 0 Å². The predicted molar refractivity (Wildman–Crippen MR) is 89.1 cm³/mol. The molecule has 0 unspecified atom stereocenters. The number of carbonyl (C=O) groups is 2. The van der Waals surface area contributed by atoms with Gasteiger partial charge in [0.25, 0.3) is 11.5 Å². The standard InChI is InChI=1S/C17H25N3O4/c1-3-11-12(4-2)19-20-15(22)13(11)14(21)18-10-17(16(23)24)8-6-5-7-9-17/h3-10H2,1-2H3,(H,18,21)(H,20,22)(H,23,24). The molecule has 0 aromatic carbocycles. The molecule has 0 spiro atoms. The number of aliphatic carboxylic acids is 1. The smallest absolute Gasteiger partial charge is 0.311 e. The zero-order valence-electron chi connectivity index (χ0n) is 14.3. The Balaban J connectivity index is 2.24. The van der Waals surface area contributed by atoms with Crippen molar-refractivity contribution < 1.29 is 14.7 Å². The Hall–Kier alpha value is -2.18. The highest BCUT2D eigenvalue weighted by Crippen LogP contribution is 2.36. The summed E-state index contributed by atoms with van der Waals surface area (Å²) in [5, 5.41) is 18.6. The second kappa shape index (κ2) is 7.59. The van der Waals surface area contributed by atoms with Gasteiger partial charge < -0.3 is 10.4 Å². The van der Waals surface area contributed by atoms with E-state index in [1.165, 1.54) is 0 Å². The Morgan fingerprint density at radius 2 is 1.88 bits per heavy atom. The van der Waals surface area contributed by atoms with Gasteiger partial charge in [-0.3, -0.25) is 14.4 Å². The van der Waals surface area contributed by atoms with E-state index in [1.54, 1.807) is 0 Å². The minimum Gasteiger partial charge on any atom is -0.481 e. The van der Waals surface area contributed by atoms with Crippen LogP contribution in [-0.4, -0.2) is 33.7 Å². The van der Waals surface area contributed by atoms with Crippen molar-refractivity contribution in [2.45, 2.75) is 58.8 Å². The Kier molecular flexibility index (Phi) is 5.75. The lowest BCUT2D eigenvalue weighted by atomic mass is 9.74. The fourth-order valence-corrected chi connectivity index (χ4v) is 3.47. The van der Waals surface area contributed by atoms with Crippen molar-refractivity contribution in [1.82, 2.24) is 15.5 Å². The van der Waals surface area contributed by atoms with Crippen molar-refractivity contribution >= 4 is 11.9 Å². The molecule has 3 N–H and O–H groups in total.